The van der Waals surface area contributed by atoms with Gasteiger partial charge in [0, 0.05) is 29.2 Å². The van der Waals surface area contributed by atoms with Gasteiger partial charge in [-0.1, -0.05) is 12.1 Å². The Morgan fingerprint density at radius 1 is 1.41 bits per heavy atom. The van der Waals surface area contributed by atoms with E-state index in [1.54, 1.807) is 23.8 Å². The molecule has 0 aliphatic heterocycles. The molecule has 0 bridgehead atoms. The van der Waals surface area contributed by atoms with E-state index in [9.17, 15) is 10.1 Å². The highest BCUT2D eigenvalue weighted by Gasteiger charge is 2.10. The molecule has 1 aromatic carbocycles. The van der Waals surface area contributed by atoms with Crippen molar-refractivity contribution in [2.24, 2.45) is 5.73 Å². The number of benzene rings is 1. The van der Waals surface area contributed by atoms with Crippen molar-refractivity contribution in [1.29, 1.82) is 0 Å². The van der Waals surface area contributed by atoms with Crippen LogP contribution in [0.3, 0.4) is 0 Å². The van der Waals surface area contributed by atoms with Crippen molar-refractivity contribution in [3.05, 3.63) is 56.5 Å². The van der Waals surface area contributed by atoms with Crippen molar-refractivity contribution in [2.45, 2.75) is 12.5 Å². The molecule has 1 heterocycles. The van der Waals surface area contributed by atoms with Crippen LogP contribution in [0.25, 0.3) is 0 Å². The normalized spacial score (nSPS) is 12.3. The van der Waals surface area contributed by atoms with Crippen LogP contribution in [0, 0.1) is 10.1 Å². The standard InChI is InChI=1S/C11H11N3O2S/c12-10(11-6-13-7-17-11)5-8-1-3-9(4-2-8)14(15)16/h1-4,6-7,10H,5,12H2. The van der Waals surface area contributed by atoms with E-state index < -0.39 is 4.92 Å². The van der Waals surface area contributed by atoms with E-state index >= 15 is 0 Å². The average Bonchev–Trinajstić information content (AvgIpc) is 2.83. The molecular weight excluding hydrogens is 238 g/mol. The number of nitro groups is 1. The average molecular weight is 249 g/mol. The number of hydrogen-bond acceptors (Lipinski definition) is 5. The quantitative estimate of drug-likeness (QED) is 0.665. The van der Waals surface area contributed by atoms with Crippen molar-refractivity contribution in [3.63, 3.8) is 0 Å². The molecule has 6 heteroatoms. The molecular formula is C11H11N3O2S. The topological polar surface area (TPSA) is 82.0 Å². The smallest absolute Gasteiger partial charge is 0.269 e. The molecule has 2 rings (SSSR count). The van der Waals surface area contributed by atoms with Crippen LogP contribution in [0.1, 0.15) is 16.5 Å². The second kappa shape index (κ2) is 5.03. The van der Waals surface area contributed by atoms with Gasteiger partial charge < -0.3 is 5.73 Å². The zero-order valence-corrected chi connectivity index (χ0v) is 9.76. The number of nitro benzene ring substituents is 1. The fourth-order valence-electron chi connectivity index (χ4n) is 1.52. The molecule has 2 N–H and O–H groups in total. The molecule has 17 heavy (non-hydrogen) atoms. The summed E-state index contributed by atoms with van der Waals surface area (Å²) in [5.74, 6) is 0. The maximum absolute atomic E-state index is 10.5. The lowest BCUT2D eigenvalue weighted by molar-refractivity contribution is -0.384. The van der Waals surface area contributed by atoms with E-state index in [0.29, 0.717) is 6.42 Å². The first-order valence-corrected chi connectivity index (χ1v) is 5.92. The van der Waals surface area contributed by atoms with Crippen LogP contribution in [0.15, 0.2) is 36.0 Å². The van der Waals surface area contributed by atoms with Crippen LogP contribution in [0.4, 0.5) is 5.69 Å². The number of nitrogens with zero attached hydrogens (tertiary/aromatic N) is 2. The summed E-state index contributed by atoms with van der Waals surface area (Å²) in [6.07, 6.45) is 2.40. The van der Waals surface area contributed by atoms with E-state index in [1.807, 2.05) is 0 Å². The van der Waals surface area contributed by atoms with Crippen molar-refractivity contribution < 1.29 is 4.92 Å². The van der Waals surface area contributed by atoms with Crippen LogP contribution in [0.5, 0.6) is 0 Å². The molecule has 88 valence electrons. The summed E-state index contributed by atoms with van der Waals surface area (Å²) in [4.78, 5) is 15.1. The minimum Gasteiger partial charge on any atom is -0.323 e. The number of nitrogens with two attached hydrogens (primary N) is 1. The van der Waals surface area contributed by atoms with Gasteiger partial charge in [0.1, 0.15) is 0 Å². The van der Waals surface area contributed by atoms with Gasteiger partial charge >= 0.3 is 0 Å². The summed E-state index contributed by atoms with van der Waals surface area (Å²) < 4.78 is 0. The Bertz CT molecular complexity index is 496. The monoisotopic (exact) mass is 249 g/mol. The van der Waals surface area contributed by atoms with Gasteiger partial charge in [-0.15, -0.1) is 11.3 Å². The van der Waals surface area contributed by atoms with Gasteiger partial charge in [0.2, 0.25) is 0 Å². The molecule has 0 fully saturated rings. The largest absolute Gasteiger partial charge is 0.323 e. The molecule has 2 aromatic rings. The minimum atomic E-state index is -0.410. The van der Waals surface area contributed by atoms with Crippen molar-refractivity contribution in [1.82, 2.24) is 4.98 Å². The van der Waals surface area contributed by atoms with Gasteiger partial charge in [0.15, 0.2) is 0 Å². The van der Waals surface area contributed by atoms with Crippen molar-refractivity contribution in [3.8, 4) is 0 Å². The third-order valence-corrected chi connectivity index (χ3v) is 3.33. The first-order chi connectivity index (χ1) is 8.16. The minimum absolute atomic E-state index is 0.0973. The summed E-state index contributed by atoms with van der Waals surface area (Å²) in [7, 11) is 0. The zero-order chi connectivity index (χ0) is 12.3. The Morgan fingerprint density at radius 2 is 2.12 bits per heavy atom. The molecule has 0 saturated heterocycles. The highest BCUT2D eigenvalue weighted by molar-refractivity contribution is 7.09. The van der Waals surface area contributed by atoms with Gasteiger partial charge in [-0.25, -0.2) is 0 Å². The SMILES string of the molecule is NC(Cc1ccc([N+](=O)[O-])cc1)c1cncs1. The molecule has 5 nitrogen and oxygen atoms in total. The van der Waals surface area contributed by atoms with Crippen LogP contribution < -0.4 is 5.73 Å². The van der Waals surface area contributed by atoms with E-state index in [-0.39, 0.29) is 11.7 Å². The molecule has 1 unspecified atom stereocenters. The summed E-state index contributed by atoms with van der Waals surface area (Å²) in [6.45, 7) is 0. The van der Waals surface area contributed by atoms with Gasteiger partial charge in [-0.3, -0.25) is 15.1 Å². The Balaban J connectivity index is 2.06. The Kier molecular flexibility index (Phi) is 3.46. The molecule has 0 amide bonds. The second-order valence-corrected chi connectivity index (χ2v) is 4.56. The number of aromatic nitrogens is 1. The van der Waals surface area contributed by atoms with Crippen molar-refractivity contribution >= 4 is 17.0 Å². The molecule has 0 saturated carbocycles. The lowest BCUT2D eigenvalue weighted by Crippen LogP contribution is -2.11. The predicted octanol–water partition coefficient (Wildman–Crippen LogP) is 2.29. The molecule has 0 aliphatic carbocycles. The molecule has 0 aliphatic rings. The Labute approximate surface area is 102 Å². The number of thiazole rings is 1. The number of hydrogen-bond donors (Lipinski definition) is 1. The van der Waals surface area contributed by atoms with Gasteiger partial charge in [0.05, 0.1) is 10.4 Å². The number of non-ortho nitro benzene ring substituents is 1. The summed E-state index contributed by atoms with van der Waals surface area (Å²) >= 11 is 1.51. The van der Waals surface area contributed by atoms with Crippen LogP contribution >= 0.6 is 11.3 Å². The lowest BCUT2D eigenvalue weighted by atomic mass is 10.1. The summed E-state index contributed by atoms with van der Waals surface area (Å²) in [5.41, 5.74) is 8.83. The molecule has 0 radical (unpaired) electrons. The van der Waals surface area contributed by atoms with Gasteiger partial charge in [-0.2, -0.15) is 0 Å². The van der Waals surface area contributed by atoms with Gasteiger partial charge in [-0.05, 0) is 12.0 Å². The van der Waals surface area contributed by atoms with Crippen molar-refractivity contribution in [2.75, 3.05) is 0 Å². The fourth-order valence-corrected chi connectivity index (χ4v) is 2.14. The highest BCUT2D eigenvalue weighted by atomic mass is 32.1. The lowest BCUT2D eigenvalue weighted by Gasteiger charge is -2.08. The third kappa shape index (κ3) is 2.86. The Morgan fingerprint density at radius 3 is 2.65 bits per heavy atom. The van der Waals surface area contributed by atoms with Crippen LogP contribution in [-0.2, 0) is 6.42 Å². The highest BCUT2D eigenvalue weighted by Crippen LogP contribution is 2.20. The van der Waals surface area contributed by atoms with Crippen LogP contribution in [-0.4, -0.2) is 9.91 Å². The molecule has 1 atom stereocenters. The summed E-state index contributed by atoms with van der Waals surface area (Å²) in [6, 6.07) is 6.35. The predicted molar refractivity (Wildman–Crippen MR) is 65.8 cm³/mol. The zero-order valence-electron chi connectivity index (χ0n) is 8.95. The molecule has 1 aromatic heterocycles. The van der Waals surface area contributed by atoms with Gasteiger partial charge in [0.25, 0.3) is 5.69 Å². The van der Waals surface area contributed by atoms with Crippen LogP contribution in [0.2, 0.25) is 0 Å². The Hall–Kier alpha value is -1.79. The van der Waals surface area contributed by atoms with E-state index in [1.165, 1.54) is 23.5 Å². The maximum Gasteiger partial charge on any atom is 0.269 e. The third-order valence-electron chi connectivity index (χ3n) is 2.42. The van der Waals surface area contributed by atoms with E-state index in [2.05, 4.69) is 4.98 Å². The fraction of sp³-hybridized carbons (Fsp3) is 0.182. The summed E-state index contributed by atoms with van der Waals surface area (Å²) in [5, 5.41) is 10.5. The van der Waals surface area contributed by atoms with E-state index in [4.69, 9.17) is 5.73 Å². The maximum atomic E-state index is 10.5. The van der Waals surface area contributed by atoms with E-state index in [0.717, 1.165) is 10.4 Å². The molecule has 0 spiro atoms. The number of rotatable bonds is 4. The first-order valence-electron chi connectivity index (χ1n) is 5.04. The first kappa shape index (κ1) is 11.7. The second-order valence-electron chi connectivity index (χ2n) is 3.64.